The summed E-state index contributed by atoms with van der Waals surface area (Å²) in [6, 6.07) is 3.15. The van der Waals surface area contributed by atoms with E-state index in [0.29, 0.717) is 47.8 Å². The molecule has 10 nitrogen and oxygen atoms in total. The number of nitrogens with one attached hydrogen (secondary N) is 2. The van der Waals surface area contributed by atoms with E-state index in [2.05, 4.69) is 31.8 Å². The van der Waals surface area contributed by atoms with E-state index in [4.69, 9.17) is 14.2 Å². The lowest BCUT2D eigenvalue weighted by Gasteiger charge is -2.26. The van der Waals surface area contributed by atoms with Crippen molar-refractivity contribution < 1.29 is 28.6 Å². The van der Waals surface area contributed by atoms with Gasteiger partial charge in [-0.2, -0.15) is 5.10 Å². The zero-order chi connectivity index (χ0) is 22.1. The third kappa shape index (κ3) is 6.99. The molecule has 1 aliphatic rings. The number of carbonyl (C=O) groups excluding carboxylic acids is 3. The van der Waals surface area contributed by atoms with Crippen molar-refractivity contribution in [2.45, 2.75) is 19.9 Å². The summed E-state index contributed by atoms with van der Waals surface area (Å²) in [5.41, 5.74) is 2.73. The Hall–Kier alpha value is -2.66. The van der Waals surface area contributed by atoms with Crippen molar-refractivity contribution in [2.24, 2.45) is 5.10 Å². The van der Waals surface area contributed by atoms with Crippen LogP contribution in [0.4, 0.5) is 0 Å². The van der Waals surface area contributed by atoms with Crippen LogP contribution < -0.4 is 20.2 Å². The molecule has 0 unspecified atom stereocenters. The number of rotatable bonds is 7. The number of hydrogen-bond acceptors (Lipinski definition) is 7. The first-order valence-corrected chi connectivity index (χ1v) is 10.1. The average molecular weight is 485 g/mol. The number of methoxy groups -OCH3 is 1. The topological polar surface area (TPSA) is 119 Å². The molecule has 1 aromatic carbocycles. The second-order valence-corrected chi connectivity index (χ2v) is 7.50. The molecule has 2 rings (SSSR count). The monoisotopic (exact) mass is 484 g/mol. The third-order valence-electron chi connectivity index (χ3n) is 3.96. The van der Waals surface area contributed by atoms with Crippen LogP contribution in [0.2, 0.25) is 0 Å². The standard InChI is InChI=1S/C19H25BrN4O6/c1-12(2)22-18(26)19(27)23-21-10-13-8-14(20)17(15(9-13)28-3)30-11-16(25)24-4-6-29-7-5-24/h8-10,12H,4-7,11H2,1-3H3,(H,22,26)(H,23,27)/b21-10-. The van der Waals surface area contributed by atoms with Crippen molar-refractivity contribution in [2.75, 3.05) is 40.0 Å². The van der Waals surface area contributed by atoms with Crippen molar-refractivity contribution in [1.82, 2.24) is 15.6 Å². The maximum Gasteiger partial charge on any atom is 0.329 e. The largest absolute Gasteiger partial charge is 0.493 e. The fourth-order valence-electron chi connectivity index (χ4n) is 2.54. The summed E-state index contributed by atoms with van der Waals surface area (Å²) in [5.74, 6) is -1.02. The molecule has 1 saturated heterocycles. The van der Waals surface area contributed by atoms with E-state index in [9.17, 15) is 14.4 Å². The molecule has 1 aromatic rings. The lowest BCUT2D eigenvalue weighted by Crippen LogP contribution is -2.43. The van der Waals surface area contributed by atoms with E-state index in [1.165, 1.54) is 13.3 Å². The number of hydrogen-bond donors (Lipinski definition) is 2. The molecule has 0 spiro atoms. The summed E-state index contributed by atoms with van der Waals surface area (Å²) in [7, 11) is 1.47. The SMILES string of the molecule is COc1cc(/C=N\NC(=O)C(=O)NC(C)C)cc(Br)c1OCC(=O)N1CCOCC1. The summed E-state index contributed by atoms with van der Waals surface area (Å²) in [4.78, 5) is 37.2. The van der Waals surface area contributed by atoms with Gasteiger partial charge < -0.3 is 24.4 Å². The second-order valence-electron chi connectivity index (χ2n) is 6.64. The van der Waals surface area contributed by atoms with Gasteiger partial charge in [0.05, 0.1) is 31.0 Å². The van der Waals surface area contributed by atoms with Gasteiger partial charge in [0.1, 0.15) is 0 Å². The van der Waals surface area contributed by atoms with Crippen LogP contribution >= 0.6 is 15.9 Å². The van der Waals surface area contributed by atoms with E-state index in [-0.39, 0.29) is 18.6 Å². The molecule has 1 aliphatic heterocycles. The van der Waals surface area contributed by atoms with Crippen molar-refractivity contribution in [3.05, 3.63) is 22.2 Å². The average Bonchev–Trinajstić information content (AvgIpc) is 2.72. The smallest absolute Gasteiger partial charge is 0.329 e. The predicted molar refractivity (Wildman–Crippen MR) is 113 cm³/mol. The molecule has 0 radical (unpaired) electrons. The van der Waals surface area contributed by atoms with Gasteiger partial charge in [-0.3, -0.25) is 14.4 Å². The number of benzene rings is 1. The Kier molecular flexibility index (Phi) is 9.06. The summed E-state index contributed by atoms with van der Waals surface area (Å²) in [6.07, 6.45) is 1.36. The molecule has 2 N–H and O–H groups in total. The van der Waals surface area contributed by atoms with E-state index in [1.54, 1.807) is 30.9 Å². The summed E-state index contributed by atoms with van der Waals surface area (Å²) < 4.78 is 16.8. The number of carbonyl (C=O) groups is 3. The minimum Gasteiger partial charge on any atom is -0.493 e. The molecule has 1 heterocycles. The quantitative estimate of drug-likeness (QED) is 0.333. The van der Waals surface area contributed by atoms with Crippen LogP contribution in [0.15, 0.2) is 21.7 Å². The van der Waals surface area contributed by atoms with Gasteiger partial charge >= 0.3 is 11.8 Å². The van der Waals surface area contributed by atoms with E-state index in [1.807, 2.05) is 0 Å². The Bertz CT molecular complexity index is 808. The molecule has 30 heavy (non-hydrogen) atoms. The molecular formula is C19H25BrN4O6. The van der Waals surface area contributed by atoms with Gasteiger partial charge in [0, 0.05) is 19.1 Å². The lowest BCUT2D eigenvalue weighted by molar-refractivity contribution is -0.139. The normalized spacial score (nSPS) is 14.0. The van der Waals surface area contributed by atoms with Crippen LogP contribution in [0.25, 0.3) is 0 Å². The first kappa shape index (κ1) is 23.6. The van der Waals surface area contributed by atoms with Gasteiger partial charge in [-0.25, -0.2) is 5.43 Å². The highest BCUT2D eigenvalue weighted by molar-refractivity contribution is 9.10. The zero-order valence-corrected chi connectivity index (χ0v) is 18.7. The predicted octanol–water partition coefficient (Wildman–Crippen LogP) is 0.670. The van der Waals surface area contributed by atoms with E-state index >= 15 is 0 Å². The van der Waals surface area contributed by atoms with Crippen LogP contribution in [0.5, 0.6) is 11.5 Å². The van der Waals surface area contributed by atoms with Crippen molar-refractivity contribution in [3.63, 3.8) is 0 Å². The van der Waals surface area contributed by atoms with Crippen molar-refractivity contribution in [3.8, 4) is 11.5 Å². The Labute approximate surface area is 183 Å². The van der Waals surface area contributed by atoms with Gasteiger partial charge in [0.15, 0.2) is 18.1 Å². The maximum atomic E-state index is 12.3. The summed E-state index contributed by atoms with van der Waals surface area (Å²) in [5, 5.41) is 6.24. The molecule has 0 atom stereocenters. The molecule has 3 amide bonds. The highest BCUT2D eigenvalue weighted by atomic mass is 79.9. The van der Waals surface area contributed by atoms with Crippen LogP contribution in [-0.4, -0.2) is 74.9 Å². The van der Waals surface area contributed by atoms with E-state index < -0.39 is 11.8 Å². The maximum absolute atomic E-state index is 12.3. The van der Waals surface area contributed by atoms with Crippen LogP contribution in [0.3, 0.4) is 0 Å². The Morgan fingerprint density at radius 1 is 1.27 bits per heavy atom. The van der Waals surface area contributed by atoms with Gasteiger partial charge in [0.2, 0.25) is 0 Å². The minimum atomic E-state index is -0.868. The fraction of sp³-hybridized carbons (Fsp3) is 0.474. The number of ether oxygens (including phenoxy) is 3. The molecule has 1 fully saturated rings. The molecule has 0 saturated carbocycles. The highest BCUT2D eigenvalue weighted by Gasteiger charge is 2.19. The molecule has 0 bridgehead atoms. The van der Waals surface area contributed by atoms with Crippen LogP contribution in [0, 0.1) is 0 Å². The molecule has 0 aromatic heterocycles. The van der Waals surface area contributed by atoms with Crippen molar-refractivity contribution >= 4 is 39.9 Å². The number of hydrazone groups is 1. The van der Waals surface area contributed by atoms with Gasteiger partial charge in [0.25, 0.3) is 5.91 Å². The minimum absolute atomic E-state index is 0.135. The number of morpholine rings is 1. The van der Waals surface area contributed by atoms with Gasteiger partial charge in [-0.1, -0.05) is 0 Å². The summed E-state index contributed by atoms with van der Waals surface area (Å²) in [6.45, 7) is 5.47. The van der Waals surface area contributed by atoms with Crippen LogP contribution in [0.1, 0.15) is 19.4 Å². The number of nitrogens with zero attached hydrogens (tertiary/aromatic N) is 2. The molecule has 164 valence electrons. The highest BCUT2D eigenvalue weighted by Crippen LogP contribution is 2.36. The molecule has 11 heteroatoms. The Balaban J connectivity index is 1.99. The van der Waals surface area contributed by atoms with E-state index in [0.717, 1.165) is 0 Å². The number of halogens is 1. The first-order valence-electron chi connectivity index (χ1n) is 9.31. The lowest BCUT2D eigenvalue weighted by atomic mass is 10.2. The third-order valence-corrected chi connectivity index (χ3v) is 4.55. The second kappa shape index (κ2) is 11.5. The van der Waals surface area contributed by atoms with Crippen molar-refractivity contribution in [1.29, 1.82) is 0 Å². The molecular weight excluding hydrogens is 460 g/mol. The Morgan fingerprint density at radius 3 is 2.60 bits per heavy atom. The van der Waals surface area contributed by atoms with Gasteiger partial charge in [-0.15, -0.1) is 0 Å². The zero-order valence-electron chi connectivity index (χ0n) is 17.1. The fourth-order valence-corrected chi connectivity index (χ4v) is 3.11. The molecule has 0 aliphatic carbocycles. The summed E-state index contributed by atoms with van der Waals surface area (Å²) >= 11 is 3.39. The Morgan fingerprint density at radius 2 is 1.97 bits per heavy atom. The van der Waals surface area contributed by atoms with Gasteiger partial charge in [-0.05, 0) is 47.5 Å². The number of amides is 3. The first-order chi connectivity index (χ1) is 14.3. The van der Waals surface area contributed by atoms with Crippen LogP contribution in [-0.2, 0) is 19.1 Å².